The lowest BCUT2D eigenvalue weighted by atomic mass is 10.1. The summed E-state index contributed by atoms with van der Waals surface area (Å²) in [6.45, 7) is 0. The van der Waals surface area contributed by atoms with Crippen LogP contribution in [0.25, 0.3) is 21.1 Å². The predicted octanol–water partition coefficient (Wildman–Crippen LogP) is 5.06. The summed E-state index contributed by atoms with van der Waals surface area (Å²) in [6.07, 6.45) is 0. The standard InChI is InChI=1S/C19H14BrN3O2S/c1-25-11-6-7-14-10(8-11)9-12-16(21)17(26-19(12)23-14)18(24)22-15-5-3-2-4-13(15)20/h2-9H,21H2,1H3,(H,22,24). The number of ether oxygens (including phenoxy) is 1. The van der Waals surface area contributed by atoms with Crippen molar-refractivity contribution in [3.05, 3.63) is 57.9 Å². The van der Waals surface area contributed by atoms with Crippen LogP contribution in [-0.4, -0.2) is 18.0 Å². The number of para-hydroxylation sites is 1. The maximum absolute atomic E-state index is 12.7. The summed E-state index contributed by atoms with van der Waals surface area (Å²) in [5.41, 5.74) is 8.22. The third-order valence-electron chi connectivity index (χ3n) is 4.05. The number of benzene rings is 2. The number of halogens is 1. The topological polar surface area (TPSA) is 77.2 Å². The number of nitrogens with zero attached hydrogens (tertiary/aromatic N) is 1. The molecule has 0 unspecified atom stereocenters. The number of nitrogens with two attached hydrogens (primary N) is 1. The first-order valence-corrected chi connectivity index (χ1v) is 9.40. The Morgan fingerprint density at radius 3 is 2.81 bits per heavy atom. The number of thiophene rings is 1. The van der Waals surface area contributed by atoms with E-state index in [0.29, 0.717) is 16.3 Å². The number of methoxy groups -OCH3 is 1. The first-order valence-electron chi connectivity index (χ1n) is 7.79. The summed E-state index contributed by atoms with van der Waals surface area (Å²) in [5.74, 6) is 0.499. The molecule has 26 heavy (non-hydrogen) atoms. The van der Waals surface area contributed by atoms with Gasteiger partial charge in [0.15, 0.2) is 0 Å². The normalized spacial score (nSPS) is 11.0. The van der Waals surface area contributed by atoms with E-state index < -0.39 is 0 Å². The number of amides is 1. The van der Waals surface area contributed by atoms with E-state index in [4.69, 9.17) is 10.5 Å². The van der Waals surface area contributed by atoms with Crippen LogP contribution in [0.1, 0.15) is 9.67 Å². The van der Waals surface area contributed by atoms with Crippen molar-refractivity contribution in [2.45, 2.75) is 0 Å². The summed E-state index contributed by atoms with van der Waals surface area (Å²) >= 11 is 4.71. The van der Waals surface area contributed by atoms with Gasteiger partial charge in [-0.2, -0.15) is 0 Å². The molecule has 0 aliphatic carbocycles. The first kappa shape index (κ1) is 16.8. The number of fused-ring (bicyclic) bond motifs is 2. The molecule has 2 aromatic heterocycles. The minimum absolute atomic E-state index is 0.251. The Kier molecular flexibility index (Phi) is 4.26. The summed E-state index contributed by atoms with van der Waals surface area (Å²) in [5, 5.41) is 4.57. The largest absolute Gasteiger partial charge is 0.497 e. The molecule has 0 aliphatic heterocycles. The van der Waals surface area contributed by atoms with Gasteiger partial charge in [0.05, 0.1) is 24.0 Å². The number of aromatic nitrogens is 1. The zero-order chi connectivity index (χ0) is 18.3. The second kappa shape index (κ2) is 6.59. The van der Waals surface area contributed by atoms with Crippen molar-refractivity contribution >= 4 is 65.7 Å². The Balaban J connectivity index is 1.78. The van der Waals surface area contributed by atoms with Gasteiger partial charge in [0.25, 0.3) is 5.91 Å². The molecule has 0 radical (unpaired) electrons. The third kappa shape index (κ3) is 2.89. The highest BCUT2D eigenvalue weighted by Gasteiger charge is 2.18. The van der Waals surface area contributed by atoms with Crippen LogP contribution >= 0.6 is 27.3 Å². The molecule has 1 amide bonds. The van der Waals surface area contributed by atoms with Crippen LogP contribution in [-0.2, 0) is 0 Å². The maximum Gasteiger partial charge on any atom is 0.267 e. The summed E-state index contributed by atoms with van der Waals surface area (Å²) in [4.78, 5) is 18.5. The molecule has 4 rings (SSSR count). The van der Waals surface area contributed by atoms with Crippen LogP contribution in [0.4, 0.5) is 11.4 Å². The Morgan fingerprint density at radius 2 is 2.04 bits per heavy atom. The molecule has 0 saturated carbocycles. The number of nitrogens with one attached hydrogen (secondary N) is 1. The molecule has 5 nitrogen and oxygen atoms in total. The number of nitrogen functional groups attached to an aromatic ring is 1. The Bertz CT molecular complexity index is 1160. The number of hydrogen-bond donors (Lipinski definition) is 2. The molecule has 2 aromatic carbocycles. The molecule has 4 aromatic rings. The molecule has 0 aliphatic rings. The molecule has 0 fully saturated rings. The second-order valence-electron chi connectivity index (χ2n) is 5.68. The number of anilines is 2. The SMILES string of the molecule is COc1ccc2nc3sc(C(=O)Nc4ccccc4Br)c(N)c3cc2c1. The average Bonchev–Trinajstić information content (AvgIpc) is 2.97. The zero-order valence-electron chi connectivity index (χ0n) is 13.7. The van der Waals surface area contributed by atoms with Crippen LogP contribution in [0, 0.1) is 0 Å². The minimum atomic E-state index is -0.251. The Morgan fingerprint density at radius 1 is 1.23 bits per heavy atom. The van der Waals surface area contributed by atoms with Gasteiger partial charge >= 0.3 is 0 Å². The van der Waals surface area contributed by atoms with Crippen LogP contribution in [0.3, 0.4) is 0 Å². The van der Waals surface area contributed by atoms with E-state index in [1.165, 1.54) is 11.3 Å². The van der Waals surface area contributed by atoms with E-state index in [1.54, 1.807) is 7.11 Å². The highest BCUT2D eigenvalue weighted by atomic mass is 79.9. The second-order valence-corrected chi connectivity index (χ2v) is 7.53. The number of carbonyl (C=O) groups excluding carboxylic acids is 1. The van der Waals surface area contributed by atoms with Gasteiger partial charge in [-0.3, -0.25) is 4.79 Å². The van der Waals surface area contributed by atoms with Gasteiger partial charge in [0.2, 0.25) is 0 Å². The summed E-state index contributed by atoms with van der Waals surface area (Å²) < 4.78 is 6.07. The number of hydrogen-bond acceptors (Lipinski definition) is 5. The average molecular weight is 428 g/mol. The van der Waals surface area contributed by atoms with E-state index in [0.717, 1.165) is 31.3 Å². The molecule has 2 heterocycles. The smallest absolute Gasteiger partial charge is 0.267 e. The van der Waals surface area contributed by atoms with Crippen molar-refractivity contribution in [3.8, 4) is 5.75 Å². The van der Waals surface area contributed by atoms with Crippen molar-refractivity contribution < 1.29 is 9.53 Å². The van der Waals surface area contributed by atoms with Gasteiger partial charge in [-0.25, -0.2) is 4.98 Å². The highest BCUT2D eigenvalue weighted by molar-refractivity contribution is 9.10. The van der Waals surface area contributed by atoms with E-state index in [9.17, 15) is 4.79 Å². The van der Waals surface area contributed by atoms with Gasteiger partial charge in [0.1, 0.15) is 15.5 Å². The molecule has 0 bridgehead atoms. The maximum atomic E-state index is 12.7. The van der Waals surface area contributed by atoms with E-state index in [1.807, 2.05) is 48.5 Å². The molecule has 130 valence electrons. The molecule has 3 N–H and O–H groups in total. The number of pyridine rings is 1. The van der Waals surface area contributed by atoms with Crippen LogP contribution in [0.2, 0.25) is 0 Å². The van der Waals surface area contributed by atoms with Crippen molar-refractivity contribution in [1.29, 1.82) is 0 Å². The fourth-order valence-corrected chi connectivity index (χ4v) is 4.08. The lowest BCUT2D eigenvalue weighted by Gasteiger charge is -2.06. The fourth-order valence-electron chi connectivity index (χ4n) is 2.72. The van der Waals surface area contributed by atoms with Crippen LogP contribution in [0.5, 0.6) is 5.75 Å². The van der Waals surface area contributed by atoms with E-state index >= 15 is 0 Å². The third-order valence-corrected chi connectivity index (χ3v) is 5.85. The van der Waals surface area contributed by atoms with E-state index in [2.05, 4.69) is 26.2 Å². The number of carbonyl (C=O) groups is 1. The van der Waals surface area contributed by atoms with Gasteiger partial charge in [-0.1, -0.05) is 12.1 Å². The molecule has 0 atom stereocenters. The first-order chi connectivity index (χ1) is 12.6. The van der Waals surface area contributed by atoms with Crippen molar-refractivity contribution in [1.82, 2.24) is 4.98 Å². The monoisotopic (exact) mass is 427 g/mol. The van der Waals surface area contributed by atoms with Crippen molar-refractivity contribution in [2.75, 3.05) is 18.2 Å². The predicted molar refractivity (Wildman–Crippen MR) is 110 cm³/mol. The molecular weight excluding hydrogens is 414 g/mol. The summed E-state index contributed by atoms with van der Waals surface area (Å²) in [7, 11) is 1.62. The molecule has 0 saturated heterocycles. The van der Waals surface area contributed by atoms with Crippen molar-refractivity contribution in [2.24, 2.45) is 0 Å². The quantitative estimate of drug-likeness (QED) is 0.479. The van der Waals surface area contributed by atoms with Gasteiger partial charge in [0, 0.05) is 15.2 Å². The Hall–Kier alpha value is -2.64. The molecular formula is C19H14BrN3O2S. The minimum Gasteiger partial charge on any atom is -0.497 e. The molecule has 0 spiro atoms. The number of rotatable bonds is 3. The van der Waals surface area contributed by atoms with Gasteiger partial charge < -0.3 is 15.8 Å². The fraction of sp³-hybridized carbons (Fsp3) is 0.0526. The molecule has 7 heteroatoms. The van der Waals surface area contributed by atoms with Crippen LogP contribution < -0.4 is 15.8 Å². The van der Waals surface area contributed by atoms with Crippen molar-refractivity contribution in [3.63, 3.8) is 0 Å². The van der Waals surface area contributed by atoms with Crippen LogP contribution in [0.15, 0.2) is 53.0 Å². The van der Waals surface area contributed by atoms with E-state index in [-0.39, 0.29) is 5.91 Å². The zero-order valence-corrected chi connectivity index (χ0v) is 16.1. The summed E-state index contributed by atoms with van der Waals surface area (Å²) in [6, 6.07) is 15.0. The highest BCUT2D eigenvalue weighted by Crippen LogP contribution is 2.36. The van der Waals surface area contributed by atoms with Gasteiger partial charge in [-0.15, -0.1) is 11.3 Å². The Labute approximate surface area is 161 Å². The van der Waals surface area contributed by atoms with Gasteiger partial charge in [-0.05, 0) is 52.3 Å². The lowest BCUT2D eigenvalue weighted by Crippen LogP contribution is -2.12. The lowest BCUT2D eigenvalue weighted by molar-refractivity contribution is 0.103.